The predicted octanol–water partition coefficient (Wildman–Crippen LogP) is 2.77. The summed E-state index contributed by atoms with van der Waals surface area (Å²) in [5.74, 6) is 10.1. The molecule has 1 heterocycles. The van der Waals surface area contributed by atoms with E-state index in [4.69, 9.17) is 16.5 Å². The highest BCUT2D eigenvalue weighted by Gasteiger charge is 2.18. The lowest BCUT2D eigenvalue weighted by Crippen LogP contribution is -2.32. The van der Waals surface area contributed by atoms with E-state index in [0.717, 1.165) is 17.3 Å². The maximum atomic E-state index is 14.5. The Hall–Kier alpha value is -2.89. The van der Waals surface area contributed by atoms with E-state index in [2.05, 4.69) is 20.9 Å². The van der Waals surface area contributed by atoms with E-state index in [1.807, 2.05) is 13.8 Å². The van der Waals surface area contributed by atoms with Crippen LogP contribution in [0.3, 0.4) is 0 Å². The summed E-state index contributed by atoms with van der Waals surface area (Å²) in [6.07, 6.45) is 2.25. The fourth-order valence-corrected chi connectivity index (χ4v) is 3.38. The molecule has 11 heteroatoms. The Labute approximate surface area is 179 Å². The molecular weight excluding hydrogens is 409 g/mol. The average Bonchev–Trinajstić information content (AvgIpc) is 2.68. The first kappa shape index (κ1) is 23.4. The molecule has 2 aromatic rings. The molecule has 1 aromatic carbocycles. The lowest BCUT2D eigenvalue weighted by molar-refractivity contribution is 0.102. The summed E-state index contributed by atoms with van der Waals surface area (Å²) >= 11 is 1.08. The highest BCUT2D eigenvalue weighted by molar-refractivity contribution is 8.13. The number of hydrazine groups is 1. The standard InChI is InChI=1S/C19H26FN7O2S/c1-11(2)7-12-8-15(20)17(23-10-12)24-18(28)14-9-13(26-29-4)5-6-16(14)30-19(25-21)27(3)22/h5-6,8-11,26H,7,21-22H2,1-4H3,(H,23,24,28)/b25-19+. The summed E-state index contributed by atoms with van der Waals surface area (Å²) in [6, 6.07) is 6.30. The fraction of sp³-hybridized carbons (Fsp3) is 0.316. The van der Waals surface area contributed by atoms with Crippen LogP contribution in [0.1, 0.15) is 29.8 Å². The summed E-state index contributed by atoms with van der Waals surface area (Å²) < 4.78 is 14.5. The van der Waals surface area contributed by atoms with Crippen molar-refractivity contribution in [2.75, 3.05) is 25.0 Å². The van der Waals surface area contributed by atoms with Gasteiger partial charge in [-0.25, -0.2) is 15.2 Å². The van der Waals surface area contributed by atoms with E-state index in [0.29, 0.717) is 22.9 Å². The number of hydrogen-bond acceptors (Lipinski definition) is 8. The molecule has 2 rings (SSSR count). The number of thioether (sulfide) groups is 1. The molecule has 0 aliphatic carbocycles. The quantitative estimate of drug-likeness (QED) is 0.172. The van der Waals surface area contributed by atoms with Crippen LogP contribution in [0.4, 0.5) is 15.9 Å². The Morgan fingerprint density at radius 2 is 2.13 bits per heavy atom. The molecule has 1 aromatic heterocycles. The number of nitrogens with zero attached hydrogens (tertiary/aromatic N) is 3. The third-order valence-electron chi connectivity index (χ3n) is 3.83. The Kier molecular flexibility index (Phi) is 8.39. The number of benzene rings is 1. The number of halogens is 1. The van der Waals surface area contributed by atoms with Gasteiger partial charge in [0.15, 0.2) is 11.6 Å². The molecule has 0 aliphatic heterocycles. The van der Waals surface area contributed by atoms with Gasteiger partial charge in [-0.3, -0.25) is 20.1 Å². The SMILES string of the molecule is CONc1ccc(S/C(=N/N)N(C)N)c(C(=O)Nc2ncc(CC(C)C)cc2F)c1. The molecule has 0 bridgehead atoms. The lowest BCUT2D eigenvalue weighted by Gasteiger charge is -2.16. The molecule has 0 atom stereocenters. The van der Waals surface area contributed by atoms with Crippen LogP contribution in [-0.4, -0.2) is 35.2 Å². The molecule has 1 amide bonds. The highest BCUT2D eigenvalue weighted by Crippen LogP contribution is 2.28. The van der Waals surface area contributed by atoms with Gasteiger partial charge < -0.3 is 11.2 Å². The van der Waals surface area contributed by atoms with Gasteiger partial charge in [0.1, 0.15) is 0 Å². The number of amidine groups is 1. The van der Waals surface area contributed by atoms with Gasteiger partial charge in [-0.1, -0.05) is 13.8 Å². The number of carbonyl (C=O) groups excluding carboxylic acids is 1. The van der Waals surface area contributed by atoms with Gasteiger partial charge in [-0.2, -0.15) is 5.10 Å². The second-order valence-corrected chi connectivity index (χ2v) is 7.88. The van der Waals surface area contributed by atoms with Crippen molar-refractivity contribution in [3.8, 4) is 0 Å². The summed E-state index contributed by atoms with van der Waals surface area (Å²) in [6.45, 7) is 4.07. The van der Waals surface area contributed by atoms with Crippen LogP contribution in [0.25, 0.3) is 0 Å². The number of rotatable bonds is 7. The van der Waals surface area contributed by atoms with Gasteiger partial charge in [-0.15, -0.1) is 0 Å². The molecule has 0 saturated heterocycles. The molecule has 9 nitrogen and oxygen atoms in total. The van der Waals surface area contributed by atoms with Crippen LogP contribution in [0, 0.1) is 11.7 Å². The van der Waals surface area contributed by atoms with Crippen molar-refractivity contribution in [1.82, 2.24) is 9.99 Å². The smallest absolute Gasteiger partial charge is 0.258 e. The molecule has 30 heavy (non-hydrogen) atoms. The summed E-state index contributed by atoms with van der Waals surface area (Å²) in [4.78, 5) is 22.4. The van der Waals surface area contributed by atoms with Crippen molar-refractivity contribution in [3.05, 3.63) is 47.4 Å². The van der Waals surface area contributed by atoms with Crippen molar-refractivity contribution >= 4 is 34.3 Å². The van der Waals surface area contributed by atoms with Gasteiger partial charge in [-0.05, 0) is 53.9 Å². The number of pyridine rings is 1. The fourth-order valence-electron chi connectivity index (χ4n) is 2.59. The molecule has 0 radical (unpaired) electrons. The molecule has 0 saturated carbocycles. The number of amides is 1. The van der Waals surface area contributed by atoms with E-state index in [-0.39, 0.29) is 16.5 Å². The Balaban J connectivity index is 2.33. The van der Waals surface area contributed by atoms with Crippen molar-refractivity contribution in [2.45, 2.75) is 25.2 Å². The van der Waals surface area contributed by atoms with E-state index in [1.54, 1.807) is 31.4 Å². The Morgan fingerprint density at radius 1 is 1.40 bits per heavy atom. The zero-order valence-corrected chi connectivity index (χ0v) is 18.1. The first-order valence-electron chi connectivity index (χ1n) is 9.08. The number of nitrogens with one attached hydrogen (secondary N) is 2. The van der Waals surface area contributed by atoms with E-state index in [1.165, 1.54) is 18.2 Å². The summed E-state index contributed by atoms with van der Waals surface area (Å²) in [7, 11) is 3.01. The zero-order chi connectivity index (χ0) is 22.3. The third kappa shape index (κ3) is 6.31. The van der Waals surface area contributed by atoms with Gasteiger partial charge in [0, 0.05) is 18.1 Å². The van der Waals surface area contributed by atoms with Crippen LogP contribution in [0.5, 0.6) is 0 Å². The van der Waals surface area contributed by atoms with Crippen LogP contribution in [0.15, 0.2) is 40.5 Å². The summed E-state index contributed by atoms with van der Waals surface area (Å²) in [5.41, 5.74) is 4.18. The number of aromatic nitrogens is 1. The van der Waals surface area contributed by atoms with Gasteiger partial charge >= 0.3 is 0 Å². The molecule has 0 spiro atoms. The Morgan fingerprint density at radius 3 is 2.70 bits per heavy atom. The number of nitrogens with two attached hydrogens (primary N) is 2. The summed E-state index contributed by atoms with van der Waals surface area (Å²) in [5, 5.41) is 7.63. The highest BCUT2D eigenvalue weighted by atomic mass is 32.2. The van der Waals surface area contributed by atoms with Gasteiger partial charge in [0.25, 0.3) is 5.91 Å². The third-order valence-corrected chi connectivity index (χ3v) is 4.98. The molecule has 0 fully saturated rings. The normalized spacial score (nSPS) is 11.5. The van der Waals surface area contributed by atoms with Crippen molar-refractivity contribution < 1.29 is 14.0 Å². The lowest BCUT2D eigenvalue weighted by atomic mass is 10.0. The second-order valence-electron chi connectivity index (χ2n) is 6.87. The molecular formula is C19H26FN7O2S. The molecule has 162 valence electrons. The van der Waals surface area contributed by atoms with Crippen LogP contribution in [0.2, 0.25) is 0 Å². The van der Waals surface area contributed by atoms with E-state index < -0.39 is 11.7 Å². The van der Waals surface area contributed by atoms with Gasteiger partial charge in [0.05, 0.1) is 18.4 Å². The average molecular weight is 436 g/mol. The number of hydrogen-bond donors (Lipinski definition) is 4. The van der Waals surface area contributed by atoms with E-state index >= 15 is 0 Å². The number of hydrazone groups is 1. The maximum Gasteiger partial charge on any atom is 0.258 e. The van der Waals surface area contributed by atoms with Crippen LogP contribution in [-0.2, 0) is 11.3 Å². The first-order valence-corrected chi connectivity index (χ1v) is 9.89. The molecule has 0 aliphatic rings. The second kappa shape index (κ2) is 10.8. The van der Waals surface area contributed by atoms with Crippen molar-refractivity contribution in [1.29, 1.82) is 0 Å². The minimum atomic E-state index is -0.604. The molecule has 6 N–H and O–H groups in total. The topological polar surface area (TPSA) is 131 Å². The predicted molar refractivity (Wildman–Crippen MR) is 117 cm³/mol. The minimum Gasteiger partial charge on any atom is -0.321 e. The van der Waals surface area contributed by atoms with E-state index in [9.17, 15) is 9.18 Å². The number of carbonyl (C=O) groups is 1. The van der Waals surface area contributed by atoms with Crippen LogP contribution < -0.4 is 22.5 Å². The first-order chi connectivity index (χ1) is 14.2. The van der Waals surface area contributed by atoms with Gasteiger partial charge in [0.2, 0.25) is 5.17 Å². The van der Waals surface area contributed by atoms with Crippen LogP contribution >= 0.6 is 11.8 Å². The molecule has 0 unspecified atom stereocenters. The number of anilines is 2. The maximum absolute atomic E-state index is 14.5. The van der Waals surface area contributed by atoms with Crippen molar-refractivity contribution in [3.63, 3.8) is 0 Å². The monoisotopic (exact) mass is 435 g/mol. The Bertz CT molecular complexity index is 922. The largest absolute Gasteiger partial charge is 0.321 e. The minimum absolute atomic E-state index is 0.155. The zero-order valence-electron chi connectivity index (χ0n) is 17.3. The van der Waals surface area contributed by atoms with Crippen molar-refractivity contribution in [2.24, 2.45) is 22.7 Å².